The molecule has 8 aromatic carbocycles. The van der Waals surface area contributed by atoms with Gasteiger partial charge in [-0.3, -0.25) is 0 Å². The first-order chi connectivity index (χ1) is 23.8. The van der Waals surface area contributed by atoms with Gasteiger partial charge in [0.1, 0.15) is 0 Å². The molecule has 0 aliphatic carbocycles. The molecule has 0 N–H and O–H groups in total. The maximum Gasteiger partial charge on any atom is 0.0540 e. The SMILES string of the molecule is c1ccc(-c2ccc(-c3ccc(N(c4ccc5sc6c7ccccc7ccc6c5c4)c4ccccc4-c4ccccc4)cc3)cc2)cc1. The van der Waals surface area contributed by atoms with Crippen LogP contribution in [-0.2, 0) is 0 Å². The molecule has 1 aromatic heterocycles. The van der Waals surface area contributed by atoms with E-state index in [2.05, 4.69) is 193 Å². The van der Waals surface area contributed by atoms with Gasteiger partial charge in [0, 0.05) is 37.1 Å². The van der Waals surface area contributed by atoms with Crippen molar-refractivity contribution in [2.24, 2.45) is 0 Å². The highest BCUT2D eigenvalue weighted by molar-refractivity contribution is 7.26. The van der Waals surface area contributed by atoms with Crippen molar-refractivity contribution in [1.82, 2.24) is 0 Å². The maximum atomic E-state index is 2.41. The van der Waals surface area contributed by atoms with Crippen molar-refractivity contribution in [1.29, 1.82) is 0 Å². The first-order valence-electron chi connectivity index (χ1n) is 16.3. The van der Waals surface area contributed by atoms with Crippen LogP contribution in [0.3, 0.4) is 0 Å². The van der Waals surface area contributed by atoms with Gasteiger partial charge >= 0.3 is 0 Å². The van der Waals surface area contributed by atoms with E-state index in [9.17, 15) is 0 Å². The van der Waals surface area contributed by atoms with E-state index in [4.69, 9.17) is 0 Å². The van der Waals surface area contributed by atoms with Gasteiger partial charge < -0.3 is 4.90 Å². The minimum Gasteiger partial charge on any atom is -0.310 e. The summed E-state index contributed by atoms with van der Waals surface area (Å²) in [6, 6.07) is 68.0. The Morgan fingerprint density at radius 1 is 0.354 bits per heavy atom. The lowest BCUT2D eigenvalue weighted by Gasteiger charge is -2.28. The van der Waals surface area contributed by atoms with E-state index in [1.165, 1.54) is 64.3 Å². The van der Waals surface area contributed by atoms with Gasteiger partial charge in [-0.05, 0) is 75.0 Å². The molecule has 2 heteroatoms. The first kappa shape index (κ1) is 28.3. The van der Waals surface area contributed by atoms with E-state index in [0.717, 1.165) is 17.1 Å². The molecule has 226 valence electrons. The van der Waals surface area contributed by atoms with Crippen molar-refractivity contribution in [3.63, 3.8) is 0 Å². The molecule has 0 unspecified atom stereocenters. The molecule has 1 heterocycles. The quantitative estimate of drug-likeness (QED) is 0.177. The molecule has 0 saturated carbocycles. The van der Waals surface area contributed by atoms with E-state index in [-0.39, 0.29) is 0 Å². The Kier molecular flexibility index (Phi) is 7.07. The Labute approximate surface area is 284 Å². The number of benzene rings is 8. The van der Waals surface area contributed by atoms with E-state index < -0.39 is 0 Å². The monoisotopic (exact) mass is 629 g/mol. The largest absolute Gasteiger partial charge is 0.310 e. The van der Waals surface area contributed by atoms with Crippen LogP contribution in [-0.4, -0.2) is 0 Å². The smallest absolute Gasteiger partial charge is 0.0540 e. The average Bonchev–Trinajstić information content (AvgIpc) is 3.55. The number of nitrogens with zero attached hydrogens (tertiary/aromatic N) is 1. The standard InChI is InChI=1S/C46H31NS/c1-3-11-32(12-4-1)33-19-21-34(22-20-33)35-23-26-38(27-24-35)47(44-18-10-9-16-40(44)36-13-5-2-6-14-36)39-28-30-45-43(31-39)42-29-25-37-15-7-8-17-41(37)46(42)48-45/h1-31H. The summed E-state index contributed by atoms with van der Waals surface area (Å²) >= 11 is 1.88. The zero-order chi connectivity index (χ0) is 31.9. The number of hydrogen-bond acceptors (Lipinski definition) is 2. The fourth-order valence-corrected chi connectivity index (χ4v) is 8.10. The summed E-state index contributed by atoms with van der Waals surface area (Å²) in [5.74, 6) is 0. The van der Waals surface area contributed by atoms with E-state index in [1.807, 2.05) is 11.3 Å². The van der Waals surface area contributed by atoms with Crippen molar-refractivity contribution in [2.75, 3.05) is 4.90 Å². The Hall–Kier alpha value is -5.96. The highest BCUT2D eigenvalue weighted by Crippen LogP contribution is 2.45. The average molecular weight is 630 g/mol. The number of anilines is 3. The van der Waals surface area contributed by atoms with Crippen LogP contribution >= 0.6 is 11.3 Å². The lowest BCUT2D eigenvalue weighted by atomic mass is 9.99. The molecule has 0 aliphatic heterocycles. The summed E-state index contributed by atoms with van der Waals surface area (Å²) in [5, 5.41) is 5.19. The van der Waals surface area contributed by atoms with E-state index >= 15 is 0 Å². The molecular weight excluding hydrogens is 599 g/mol. The molecule has 0 saturated heterocycles. The topological polar surface area (TPSA) is 3.24 Å². The number of para-hydroxylation sites is 1. The highest BCUT2D eigenvalue weighted by atomic mass is 32.1. The zero-order valence-electron chi connectivity index (χ0n) is 26.3. The molecule has 0 fully saturated rings. The van der Waals surface area contributed by atoms with Gasteiger partial charge in [0.25, 0.3) is 0 Å². The normalized spacial score (nSPS) is 11.3. The lowest BCUT2D eigenvalue weighted by Crippen LogP contribution is -2.11. The molecule has 0 aliphatic rings. The third-order valence-corrected chi connectivity index (χ3v) is 10.5. The summed E-state index contributed by atoms with van der Waals surface area (Å²) < 4.78 is 2.65. The molecule has 9 aromatic rings. The van der Waals surface area contributed by atoms with Crippen LogP contribution in [0.15, 0.2) is 188 Å². The van der Waals surface area contributed by atoms with Crippen molar-refractivity contribution in [3.8, 4) is 33.4 Å². The van der Waals surface area contributed by atoms with Crippen LogP contribution in [0.25, 0.3) is 64.3 Å². The van der Waals surface area contributed by atoms with Gasteiger partial charge in [-0.25, -0.2) is 0 Å². The minimum absolute atomic E-state index is 1.12. The summed E-state index contributed by atoms with van der Waals surface area (Å²) in [6.45, 7) is 0. The van der Waals surface area contributed by atoms with E-state index in [0.29, 0.717) is 0 Å². The third-order valence-electron chi connectivity index (χ3n) is 9.28. The fraction of sp³-hybridized carbons (Fsp3) is 0. The number of thiophene rings is 1. The predicted octanol–water partition coefficient (Wildman–Crippen LogP) is 13.7. The molecule has 1 nitrogen and oxygen atoms in total. The van der Waals surface area contributed by atoms with Crippen molar-refractivity contribution >= 4 is 59.3 Å². The molecule has 0 atom stereocenters. The van der Waals surface area contributed by atoms with E-state index in [1.54, 1.807) is 0 Å². The molecule has 9 rings (SSSR count). The van der Waals surface area contributed by atoms with Gasteiger partial charge in [-0.15, -0.1) is 11.3 Å². The molecule has 0 spiro atoms. The van der Waals surface area contributed by atoms with Gasteiger partial charge in [-0.1, -0.05) is 152 Å². The Balaban J connectivity index is 1.17. The van der Waals surface area contributed by atoms with Gasteiger partial charge in [0.05, 0.1) is 5.69 Å². The molecular formula is C46H31NS. The molecule has 0 radical (unpaired) electrons. The summed E-state index contributed by atoms with van der Waals surface area (Å²) in [5.41, 5.74) is 10.7. The summed E-state index contributed by atoms with van der Waals surface area (Å²) in [7, 11) is 0. The predicted molar refractivity (Wildman–Crippen MR) is 208 cm³/mol. The zero-order valence-corrected chi connectivity index (χ0v) is 27.1. The summed E-state index contributed by atoms with van der Waals surface area (Å²) in [6.07, 6.45) is 0. The number of fused-ring (bicyclic) bond motifs is 5. The van der Waals surface area contributed by atoms with Crippen LogP contribution < -0.4 is 4.90 Å². The number of rotatable bonds is 6. The second kappa shape index (κ2) is 12.0. The first-order valence-corrected chi connectivity index (χ1v) is 17.2. The molecule has 48 heavy (non-hydrogen) atoms. The van der Waals surface area contributed by atoms with Gasteiger partial charge in [0.2, 0.25) is 0 Å². The fourth-order valence-electron chi connectivity index (χ4n) is 6.88. The van der Waals surface area contributed by atoms with Crippen LogP contribution in [0, 0.1) is 0 Å². The van der Waals surface area contributed by atoms with Crippen molar-refractivity contribution < 1.29 is 0 Å². The third kappa shape index (κ3) is 5.04. The van der Waals surface area contributed by atoms with Crippen LogP contribution in [0.5, 0.6) is 0 Å². The maximum absolute atomic E-state index is 2.41. The minimum atomic E-state index is 1.12. The van der Waals surface area contributed by atoms with Crippen molar-refractivity contribution in [2.45, 2.75) is 0 Å². The van der Waals surface area contributed by atoms with Crippen LogP contribution in [0.4, 0.5) is 17.1 Å². The van der Waals surface area contributed by atoms with Gasteiger partial charge in [0.15, 0.2) is 0 Å². The lowest BCUT2D eigenvalue weighted by molar-refractivity contribution is 1.29. The molecule has 0 bridgehead atoms. The Morgan fingerprint density at radius 3 is 1.65 bits per heavy atom. The van der Waals surface area contributed by atoms with Gasteiger partial charge in [-0.2, -0.15) is 0 Å². The summed E-state index contributed by atoms with van der Waals surface area (Å²) in [4.78, 5) is 2.41. The second-order valence-electron chi connectivity index (χ2n) is 12.2. The van der Waals surface area contributed by atoms with Crippen LogP contribution in [0.1, 0.15) is 0 Å². The van der Waals surface area contributed by atoms with Crippen LogP contribution in [0.2, 0.25) is 0 Å². The number of hydrogen-bond donors (Lipinski definition) is 0. The molecule has 0 amide bonds. The Bertz CT molecular complexity index is 2530. The second-order valence-corrected chi connectivity index (χ2v) is 13.2. The highest BCUT2D eigenvalue weighted by Gasteiger charge is 2.19. The van der Waals surface area contributed by atoms with Crippen molar-refractivity contribution in [3.05, 3.63) is 188 Å². The Morgan fingerprint density at radius 2 is 0.917 bits per heavy atom.